The number of ether oxygens (including phenoxy) is 3. The van der Waals surface area contributed by atoms with Gasteiger partial charge in [0.15, 0.2) is 11.5 Å². The third kappa shape index (κ3) is 4.11. The Labute approximate surface area is 164 Å². The van der Waals surface area contributed by atoms with Crippen LogP contribution in [-0.2, 0) is 11.3 Å². The predicted molar refractivity (Wildman–Crippen MR) is 104 cm³/mol. The average molecular weight is 380 g/mol. The van der Waals surface area contributed by atoms with Crippen molar-refractivity contribution in [2.45, 2.75) is 44.4 Å². The average Bonchev–Trinajstić information content (AvgIpc) is 3.23. The first kappa shape index (κ1) is 18.3. The minimum Gasteiger partial charge on any atom is -0.493 e. The summed E-state index contributed by atoms with van der Waals surface area (Å²) in [6.45, 7) is 0.377. The highest BCUT2D eigenvalue weighted by Gasteiger charge is 2.26. The van der Waals surface area contributed by atoms with Gasteiger partial charge in [0.2, 0.25) is 0 Å². The number of cyclic esters (lactones) is 1. The summed E-state index contributed by atoms with van der Waals surface area (Å²) in [6.07, 6.45) is 9.23. The van der Waals surface area contributed by atoms with Crippen LogP contribution in [0.3, 0.4) is 0 Å². The molecule has 1 atom stereocenters. The Hall–Kier alpha value is -3.02. The fourth-order valence-corrected chi connectivity index (χ4v) is 3.57. The summed E-state index contributed by atoms with van der Waals surface area (Å²) in [7, 11) is 1.63. The van der Waals surface area contributed by atoms with Crippen LogP contribution >= 0.6 is 0 Å². The van der Waals surface area contributed by atoms with Crippen molar-refractivity contribution in [1.82, 2.24) is 9.88 Å². The van der Waals surface area contributed by atoms with E-state index in [9.17, 15) is 4.79 Å². The van der Waals surface area contributed by atoms with Crippen molar-refractivity contribution in [1.29, 1.82) is 0 Å². The smallest absolute Gasteiger partial charge is 0.415 e. The van der Waals surface area contributed by atoms with E-state index in [2.05, 4.69) is 4.98 Å². The van der Waals surface area contributed by atoms with Crippen molar-refractivity contribution < 1.29 is 19.0 Å². The molecule has 146 valence electrons. The molecular weight excluding hydrogens is 356 g/mol. The Morgan fingerprint density at radius 2 is 2.04 bits per heavy atom. The third-order valence-corrected chi connectivity index (χ3v) is 5.07. The molecule has 1 aromatic carbocycles. The van der Waals surface area contributed by atoms with E-state index in [4.69, 9.17) is 14.2 Å². The first-order valence-electron chi connectivity index (χ1n) is 9.63. The molecule has 6 nitrogen and oxygen atoms in total. The van der Waals surface area contributed by atoms with Gasteiger partial charge in [0, 0.05) is 18.0 Å². The van der Waals surface area contributed by atoms with Crippen LogP contribution in [0.15, 0.2) is 54.9 Å². The molecule has 2 aliphatic rings. The third-order valence-electron chi connectivity index (χ3n) is 5.07. The summed E-state index contributed by atoms with van der Waals surface area (Å²) < 4.78 is 17.2. The Kier molecular flexibility index (Phi) is 5.46. The Morgan fingerprint density at radius 3 is 2.75 bits per heavy atom. The van der Waals surface area contributed by atoms with Crippen LogP contribution in [0.5, 0.6) is 11.5 Å². The zero-order valence-corrected chi connectivity index (χ0v) is 15.9. The van der Waals surface area contributed by atoms with Crippen LogP contribution in [0.2, 0.25) is 0 Å². The largest absolute Gasteiger partial charge is 0.493 e. The summed E-state index contributed by atoms with van der Waals surface area (Å²) in [4.78, 5) is 18.2. The van der Waals surface area contributed by atoms with E-state index in [0.29, 0.717) is 18.0 Å². The fraction of sp³-hybridized carbons (Fsp3) is 0.364. The predicted octanol–water partition coefficient (Wildman–Crippen LogP) is 4.62. The lowest BCUT2D eigenvalue weighted by atomic mass is 10.1. The van der Waals surface area contributed by atoms with Crippen molar-refractivity contribution in [3.05, 3.63) is 66.1 Å². The van der Waals surface area contributed by atoms with Gasteiger partial charge in [-0.1, -0.05) is 12.1 Å². The molecule has 1 fully saturated rings. The van der Waals surface area contributed by atoms with Gasteiger partial charge in [-0.05, 0) is 56.0 Å². The van der Waals surface area contributed by atoms with Crippen molar-refractivity contribution in [2.75, 3.05) is 7.11 Å². The first-order chi connectivity index (χ1) is 13.7. The standard InChI is InChI=1S/C22H24N2O4/c1-26-20-10-9-16(14-21(20)27-18-7-2-3-8-18)19-11-13-24(22(25)28-19)15-17-6-4-5-12-23-17/h4-6,9-14,18-19H,2-3,7-8,15H2,1H3. The molecular formula is C22H24N2O4. The number of benzene rings is 1. The Morgan fingerprint density at radius 1 is 1.18 bits per heavy atom. The van der Waals surface area contributed by atoms with Gasteiger partial charge in [-0.25, -0.2) is 4.79 Å². The summed E-state index contributed by atoms with van der Waals surface area (Å²) in [5.41, 5.74) is 1.66. The minimum atomic E-state index is -0.454. The second-order valence-corrected chi connectivity index (χ2v) is 7.03. The normalized spacial score (nSPS) is 19.5. The molecule has 1 saturated carbocycles. The zero-order valence-electron chi connectivity index (χ0n) is 15.9. The summed E-state index contributed by atoms with van der Waals surface area (Å²) in [5.74, 6) is 1.39. The van der Waals surface area contributed by atoms with E-state index in [1.165, 1.54) is 17.7 Å². The maximum atomic E-state index is 12.4. The van der Waals surface area contributed by atoms with Crippen molar-refractivity contribution in [2.24, 2.45) is 0 Å². The van der Waals surface area contributed by atoms with Crippen LogP contribution in [0.4, 0.5) is 4.79 Å². The number of pyridine rings is 1. The van der Waals surface area contributed by atoms with Gasteiger partial charge in [0.05, 0.1) is 25.5 Å². The molecule has 0 N–H and O–H groups in total. The maximum Gasteiger partial charge on any atom is 0.415 e. The number of carbonyl (C=O) groups excluding carboxylic acids is 1. The first-order valence-corrected chi connectivity index (χ1v) is 9.63. The van der Waals surface area contributed by atoms with Gasteiger partial charge in [-0.3, -0.25) is 9.88 Å². The van der Waals surface area contributed by atoms with E-state index in [1.54, 1.807) is 19.5 Å². The van der Waals surface area contributed by atoms with E-state index in [1.807, 2.05) is 42.5 Å². The van der Waals surface area contributed by atoms with Crippen LogP contribution in [-0.4, -0.2) is 29.2 Å². The van der Waals surface area contributed by atoms with Crippen LogP contribution in [0.1, 0.15) is 43.0 Å². The molecule has 4 rings (SSSR count). The quantitative estimate of drug-likeness (QED) is 0.732. The van der Waals surface area contributed by atoms with Gasteiger partial charge in [0.1, 0.15) is 6.10 Å². The molecule has 1 amide bonds. The molecule has 1 unspecified atom stereocenters. The summed E-state index contributed by atoms with van der Waals surface area (Å²) in [5, 5.41) is 0. The van der Waals surface area contributed by atoms with Crippen LogP contribution in [0, 0.1) is 0 Å². The number of amides is 1. The fourth-order valence-electron chi connectivity index (χ4n) is 3.57. The van der Waals surface area contributed by atoms with Crippen LogP contribution in [0.25, 0.3) is 0 Å². The molecule has 0 spiro atoms. The molecule has 0 saturated heterocycles. The number of methoxy groups -OCH3 is 1. The zero-order chi connectivity index (χ0) is 19.3. The molecule has 28 heavy (non-hydrogen) atoms. The molecule has 0 radical (unpaired) electrons. The number of hydrogen-bond acceptors (Lipinski definition) is 5. The number of nitrogens with zero attached hydrogens (tertiary/aromatic N) is 2. The maximum absolute atomic E-state index is 12.4. The molecule has 1 aliphatic carbocycles. The van der Waals surface area contributed by atoms with Gasteiger partial charge in [0.25, 0.3) is 0 Å². The molecule has 1 aromatic heterocycles. The molecule has 2 heterocycles. The number of rotatable bonds is 6. The van der Waals surface area contributed by atoms with Gasteiger partial charge in [-0.15, -0.1) is 0 Å². The van der Waals surface area contributed by atoms with E-state index in [-0.39, 0.29) is 6.10 Å². The number of hydrogen-bond donors (Lipinski definition) is 0. The van der Waals surface area contributed by atoms with E-state index >= 15 is 0 Å². The van der Waals surface area contributed by atoms with E-state index < -0.39 is 12.2 Å². The SMILES string of the molecule is COc1ccc(C2C=CN(Cc3ccccn3)C(=O)O2)cc1OC1CCCC1. The highest BCUT2D eigenvalue weighted by molar-refractivity contribution is 5.70. The van der Waals surface area contributed by atoms with Crippen molar-refractivity contribution >= 4 is 6.09 Å². The highest BCUT2D eigenvalue weighted by Crippen LogP contribution is 2.35. The molecule has 1 aliphatic heterocycles. The second-order valence-electron chi connectivity index (χ2n) is 7.03. The Bertz CT molecular complexity index is 847. The topological polar surface area (TPSA) is 60.9 Å². The van der Waals surface area contributed by atoms with Gasteiger partial charge in [-0.2, -0.15) is 0 Å². The lowest BCUT2D eigenvalue weighted by Crippen LogP contribution is -2.31. The number of carbonyl (C=O) groups is 1. The lowest BCUT2D eigenvalue weighted by molar-refractivity contribution is 0.0797. The highest BCUT2D eigenvalue weighted by atomic mass is 16.6. The van der Waals surface area contributed by atoms with Gasteiger partial charge < -0.3 is 14.2 Å². The lowest BCUT2D eigenvalue weighted by Gasteiger charge is -2.27. The molecule has 6 heteroatoms. The van der Waals surface area contributed by atoms with E-state index in [0.717, 1.165) is 24.1 Å². The van der Waals surface area contributed by atoms with Crippen molar-refractivity contribution in [3.63, 3.8) is 0 Å². The summed E-state index contributed by atoms with van der Waals surface area (Å²) >= 11 is 0. The molecule has 0 bridgehead atoms. The monoisotopic (exact) mass is 380 g/mol. The summed E-state index contributed by atoms with van der Waals surface area (Å²) in [6, 6.07) is 11.3. The second kappa shape index (κ2) is 8.33. The number of aromatic nitrogens is 1. The van der Waals surface area contributed by atoms with Crippen molar-refractivity contribution in [3.8, 4) is 11.5 Å². The van der Waals surface area contributed by atoms with Gasteiger partial charge >= 0.3 is 6.09 Å². The van der Waals surface area contributed by atoms with Crippen LogP contribution < -0.4 is 9.47 Å². The Balaban J connectivity index is 1.49. The molecule has 2 aromatic rings. The minimum absolute atomic E-state index is 0.225.